The summed E-state index contributed by atoms with van der Waals surface area (Å²) in [7, 11) is 0. The highest BCUT2D eigenvalue weighted by Gasteiger charge is 2.61. The number of nitrogens with zero attached hydrogens (tertiary/aromatic N) is 3. The Hall–Kier alpha value is -6.00. The van der Waals surface area contributed by atoms with Crippen LogP contribution in [0.25, 0.3) is 11.1 Å². The lowest BCUT2D eigenvalue weighted by molar-refractivity contribution is 0.0786. The highest BCUT2D eigenvalue weighted by atomic mass is 15.3. The van der Waals surface area contributed by atoms with Gasteiger partial charge in [0.2, 0.25) is 0 Å². The molecular formula is C74H90BN3. The highest BCUT2D eigenvalue weighted by Crippen LogP contribution is 2.65. The number of fused-ring (bicyclic) bond motifs is 7. The van der Waals surface area contributed by atoms with Crippen LogP contribution in [0.2, 0.25) is 0 Å². The van der Waals surface area contributed by atoms with E-state index in [1.54, 1.807) is 0 Å². The van der Waals surface area contributed by atoms with Crippen molar-refractivity contribution in [2.45, 2.75) is 196 Å². The van der Waals surface area contributed by atoms with E-state index in [4.69, 9.17) is 0 Å². The Bertz CT molecular complexity index is 3490. The standard InChI is InChI=1S/C74H90BN3/c1-67(2,3)48-26-32-54(33-27-48)76-62-37-31-51(70(10,11)12)42-59(62)75-58-34-28-52(71(13,14)15)43-63(58)77(60-35-29-49(68(4,5)6)40-56(60)47-24-22-21-23-25-47)65-45-55(44-64(76)66(65)75)78-61-36-30-50(69(7,8)9)41-57(61)73(19)46-53(72(16,17)18)38-39-74(73,78)20/h21-37,40-45,53H,38-39,46H2,1-20H3. The minimum atomic E-state index is -0.207. The van der Waals surface area contributed by atoms with Crippen LogP contribution in [-0.4, -0.2) is 12.3 Å². The first-order valence-electron chi connectivity index (χ1n) is 29.5. The Kier molecular flexibility index (Phi) is 12.3. The van der Waals surface area contributed by atoms with Crippen LogP contribution in [0.5, 0.6) is 0 Å². The molecular weight excluding hydrogens is 942 g/mol. The van der Waals surface area contributed by atoms with Gasteiger partial charge in [-0.1, -0.05) is 216 Å². The second-order valence-corrected chi connectivity index (χ2v) is 30.9. The zero-order valence-electron chi connectivity index (χ0n) is 51.4. The van der Waals surface area contributed by atoms with Gasteiger partial charge in [-0.05, 0) is 175 Å². The molecule has 1 aliphatic carbocycles. The van der Waals surface area contributed by atoms with Crippen LogP contribution in [0.3, 0.4) is 0 Å². The Morgan fingerprint density at radius 2 is 0.923 bits per heavy atom. The third-order valence-electron chi connectivity index (χ3n) is 19.5. The van der Waals surface area contributed by atoms with E-state index in [1.165, 1.54) is 113 Å². The summed E-state index contributed by atoms with van der Waals surface area (Å²) >= 11 is 0. The van der Waals surface area contributed by atoms with Crippen LogP contribution in [0.1, 0.15) is 191 Å². The van der Waals surface area contributed by atoms with Gasteiger partial charge < -0.3 is 14.7 Å². The van der Waals surface area contributed by atoms with E-state index >= 15 is 0 Å². The molecule has 3 atom stereocenters. The van der Waals surface area contributed by atoms with E-state index in [0.717, 1.165) is 12.8 Å². The molecule has 0 saturated heterocycles. The normalized spacial score (nSPS) is 20.3. The zero-order valence-corrected chi connectivity index (χ0v) is 51.4. The van der Waals surface area contributed by atoms with Crippen molar-refractivity contribution in [3.63, 3.8) is 0 Å². The van der Waals surface area contributed by atoms with E-state index in [-0.39, 0.29) is 50.2 Å². The predicted octanol–water partition coefficient (Wildman–Crippen LogP) is 18.9. The van der Waals surface area contributed by atoms with Gasteiger partial charge in [-0.25, -0.2) is 0 Å². The summed E-state index contributed by atoms with van der Waals surface area (Å²) in [5.41, 5.74) is 24.6. The molecule has 7 aromatic rings. The van der Waals surface area contributed by atoms with E-state index < -0.39 is 0 Å². The van der Waals surface area contributed by atoms with Gasteiger partial charge in [-0.3, -0.25) is 0 Å². The average Bonchev–Trinajstić information content (AvgIpc) is 3.77. The number of hydrogen-bond acceptors (Lipinski definition) is 3. The topological polar surface area (TPSA) is 9.72 Å². The molecule has 3 aliphatic heterocycles. The largest absolute Gasteiger partial charge is 0.334 e. The van der Waals surface area contributed by atoms with Crippen LogP contribution in [0.4, 0.5) is 45.5 Å². The molecule has 404 valence electrons. The zero-order chi connectivity index (χ0) is 56.2. The summed E-state index contributed by atoms with van der Waals surface area (Å²) in [4.78, 5) is 8.23. The molecule has 0 N–H and O–H groups in total. The van der Waals surface area contributed by atoms with Gasteiger partial charge in [0.15, 0.2) is 0 Å². The minimum absolute atomic E-state index is 0.0143. The summed E-state index contributed by atoms with van der Waals surface area (Å²) in [5.74, 6) is 0.602. The number of hydrogen-bond donors (Lipinski definition) is 0. The van der Waals surface area contributed by atoms with Gasteiger partial charge in [0.1, 0.15) is 0 Å². The van der Waals surface area contributed by atoms with Gasteiger partial charge >= 0.3 is 0 Å². The molecule has 0 radical (unpaired) electrons. The lowest BCUT2D eigenvalue weighted by Crippen LogP contribution is -2.62. The van der Waals surface area contributed by atoms with Crippen molar-refractivity contribution < 1.29 is 0 Å². The van der Waals surface area contributed by atoms with E-state index in [0.29, 0.717) is 5.92 Å². The van der Waals surface area contributed by atoms with Gasteiger partial charge in [-0.15, -0.1) is 0 Å². The molecule has 3 heterocycles. The first-order valence-corrected chi connectivity index (χ1v) is 29.5. The number of rotatable bonds is 4. The molecule has 11 rings (SSSR count). The summed E-state index contributed by atoms with van der Waals surface area (Å²) in [6, 6.07) is 55.9. The maximum absolute atomic E-state index is 2.86. The first kappa shape index (κ1) is 54.0. The molecule has 4 aliphatic rings. The molecule has 3 nitrogen and oxygen atoms in total. The quantitative estimate of drug-likeness (QED) is 0.163. The van der Waals surface area contributed by atoms with Crippen LogP contribution in [-0.2, 0) is 32.5 Å². The Morgan fingerprint density at radius 1 is 0.423 bits per heavy atom. The lowest BCUT2D eigenvalue weighted by Gasteiger charge is -2.55. The molecule has 7 aromatic carbocycles. The fourth-order valence-electron chi connectivity index (χ4n) is 14.1. The molecule has 1 fully saturated rings. The molecule has 0 aromatic heterocycles. The van der Waals surface area contributed by atoms with Gasteiger partial charge in [0, 0.05) is 50.8 Å². The third kappa shape index (κ3) is 8.68. The van der Waals surface area contributed by atoms with Crippen molar-refractivity contribution in [3.8, 4) is 11.1 Å². The average molecular weight is 1030 g/mol. The monoisotopic (exact) mass is 1030 g/mol. The Balaban J connectivity index is 1.30. The van der Waals surface area contributed by atoms with Crippen LogP contribution >= 0.6 is 0 Å². The number of benzene rings is 7. The summed E-state index contributed by atoms with van der Waals surface area (Å²) in [6.45, 7) is 48.1. The summed E-state index contributed by atoms with van der Waals surface area (Å²) in [5, 5.41) is 0. The van der Waals surface area contributed by atoms with Crippen molar-refractivity contribution >= 4 is 68.6 Å². The fourth-order valence-corrected chi connectivity index (χ4v) is 14.1. The fraction of sp³-hybridized carbons (Fsp3) is 0.432. The van der Waals surface area contributed by atoms with Crippen LogP contribution < -0.4 is 31.1 Å². The minimum Gasteiger partial charge on any atom is -0.334 e. The SMILES string of the molecule is CC(C)(C)c1ccc(N2c3ccc(C(C)(C)C)cc3B3c4ccc(C(C)(C)C)cc4N(c4ccc(C(C)(C)C)cc4-c4ccccc4)c4cc(N5c6ccc(C(C)(C)C)cc6C6(C)CC(C(C)(C)C)CCC56C)cc2c43)cc1. The van der Waals surface area contributed by atoms with Crippen molar-refractivity contribution in [1.29, 1.82) is 0 Å². The van der Waals surface area contributed by atoms with Crippen molar-refractivity contribution in [2.24, 2.45) is 11.3 Å². The Labute approximate surface area is 472 Å². The second-order valence-electron chi connectivity index (χ2n) is 30.9. The molecule has 0 bridgehead atoms. The Morgan fingerprint density at radius 3 is 1.50 bits per heavy atom. The molecule has 1 saturated carbocycles. The van der Waals surface area contributed by atoms with E-state index in [1.807, 2.05) is 0 Å². The third-order valence-corrected chi connectivity index (χ3v) is 19.5. The summed E-state index contributed by atoms with van der Waals surface area (Å²) < 4.78 is 0. The highest BCUT2D eigenvalue weighted by molar-refractivity contribution is 7.00. The lowest BCUT2D eigenvalue weighted by atomic mass is 9.33. The molecule has 4 heteroatoms. The summed E-state index contributed by atoms with van der Waals surface area (Å²) in [6.07, 6.45) is 3.44. The van der Waals surface area contributed by atoms with Crippen molar-refractivity contribution in [1.82, 2.24) is 0 Å². The first-order chi connectivity index (χ1) is 36.2. The maximum atomic E-state index is 2.86. The van der Waals surface area contributed by atoms with Gasteiger partial charge in [0.25, 0.3) is 6.71 Å². The van der Waals surface area contributed by atoms with Gasteiger partial charge in [0.05, 0.1) is 11.2 Å². The molecule has 0 amide bonds. The van der Waals surface area contributed by atoms with Crippen LogP contribution in [0, 0.1) is 11.3 Å². The molecule has 78 heavy (non-hydrogen) atoms. The van der Waals surface area contributed by atoms with E-state index in [9.17, 15) is 0 Å². The number of anilines is 8. The van der Waals surface area contributed by atoms with E-state index in [2.05, 4.69) is 293 Å². The smallest absolute Gasteiger partial charge is 0.252 e. The van der Waals surface area contributed by atoms with Crippen LogP contribution in [0.15, 0.2) is 140 Å². The molecule has 3 unspecified atom stereocenters. The van der Waals surface area contributed by atoms with Crippen molar-refractivity contribution in [2.75, 3.05) is 14.7 Å². The predicted molar refractivity (Wildman–Crippen MR) is 341 cm³/mol. The maximum Gasteiger partial charge on any atom is 0.252 e. The second kappa shape index (κ2) is 17.8. The van der Waals surface area contributed by atoms with Gasteiger partial charge in [-0.2, -0.15) is 0 Å². The molecule has 0 spiro atoms. The van der Waals surface area contributed by atoms with Crippen molar-refractivity contribution in [3.05, 3.63) is 173 Å².